The number of nitrogens with one attached hydrogen (secondary N) is 1. The van der Waals surface area contributed by atoms with E-state index in [1.807, 2.05) is 4.90 Å². The standard InChI is InChI=1S/C15H17FN4O2S2/c16-12-3-1-11(2-4-12)9-17-14-18-19-15(24-14)23-10-13(21)20-5-7-22-8-6-20/h1-4H,5-10H2,(H,17,18). The lowest BCUT2D eigenvalue weighted by molar-refractivity contribution is -0.132. The van der Waals surface area contributed by atoms with Gasteiger partial charge in [-0.3, -0.25) is 4.79 Å². The third-order valence-corrected chi connectivity index (χ3v) is 5.45. The van der Waals surface area contributed by atoms with Crippen LogP contribution in [0.5, 0.6) is 0 Å². The van der Waals surface area contributed by atoms with Crippen molar-refractivity contribution in [2.75, 3.05) is 37.4 Å². The van der Waals surface area contributed by atoms with Gasteiger partial charge in [-0.25, -0.2) is 4.39 Å². The van der Waals surface area contributed by atoms with Crippen LogP contribution in [0.1, 0.15) is 5.56 Å². The Morgan fingerprint density at radius 3 is 2.79 bits per heavy atom. The molecule has 24 heavy (non-hydrogen) atoms. The van der Waals surface area contributed by atoms with E-state index in [1.165, 1.54) is 35.2 Å². The number of carbonyl (C=O) groups is 1. The predicted molar refractivity (Wildman–Crippen MR) is 91.8 cm³/mol. The third-order valence-electron chi connectivity index (χ3n) is 3.45. The summed E-state index contributed by atoms with van der Waals surface area (Å²) in [4.78, 5) is 13.9. The average Bonchev–Trinajstić information content (AvgIpc) is 3.08. The van der Waals surface area contributed by atoms with Crippen LogP contribution in [0.4, 0.5) is 9.52 Å². The first-order chi connectivity index (χ1) is 11.7. The molecule has 0 spiro atoms. The number of halogens is 1. The van der Waals surface area contributed by atoms with Crippen LogP contribution in [0.25, 0.3) is 0 Å². The number of benzene rings is 1. The molecule has 9 heteroatoms. The van der Waals surface area contributed by atoms with Gasteiger partial charge in [0.1, 0.15) is 5.82 Å². The van der Waals surface area contributed by atoms with E-state index in [-0.39, 0.29) is 11.7 Å². The number of hydrogen-bond acceptors (Lipinski definition) is 7. The maximum atomic E-state index is 12.9. The number of nitrogens with zero attached hydrogens (tertiary/aromatic N) is 3. The second kappa shape index (κ2) is 8.41. The lowest BCUT2D eigenvalue weighted by Gasteiger charge is -2.26. The van der Waals surface area contributed by atoms with Gasteiger partial charge in [-0.05, 0) is 17.7 Å². The number of anilines is 1. The van der Waals surface area contributed by atoms with Crippen molar-refractivity contribution in [3.63, 3.8) is 0 Å². The highest BCUT2D eigenvalue weighted by atomic mass is 32.2. The van der Waals surface area contributed by atoms with Gasteiger partial charge in [0.15, 0.2) is 4.34 Å². The molecule has 0 saturated carbocycles. The predicted octanol–water partition coefficient (Wildman–Crippen LogP) is 2.24. The summed E-state index contributed by atoms with van der Waals surface area (Å²) < 4.78 is 18.8. The first-order valence-corrected chi connectivity index (χ1v) is 9.31. The Labute approximate surface area is 147 Å². The van der Waals surface area contributed by atoms with Crippen LogP contribution in [0.3, 0.4) is 0 Å². The highest BCUT2D eigenvalue weighted by molar-refractivity contribution is 8.01. The van der Waals surface area contributed by atoms with Crippen molar-refractivity contribution in [2.45, 2.75) is 10.9 Å². The van der Waals surface area contributed by atoms with Gasteiger partial charge in [0.25, 0.3) is 0 Å². The van der Waals surface area contributed by atoms with Gasteiger partial charge in [0, 0.05) is 19.6 Å². The van der Waals surface area contributed by atoms with Crippen molar-refractivity contribution in [2.24, 2.45) is 0 Å². The van der Waals surface area contributed by atoms with E-state index in [0.29, 0.717) is 43.7 Å². The van der Waals surface area contributed by atoms with E-state index in [2.05, 4.69) is 15.5 Å². The fourth-order valence-electron chi connectivity index (χ4n) is 2.15. The van der Waals surface area contributed by atoms with Crippen LogP contribution in [-0.2, 0) is 16.1 Å². The molecule has 1 N–H and O–H groups in total. The monoisotopic (exact) mass is 368 g/mol. The molecule has 1 amide bonds. The minimum absolute atomic E-state index is 0.0966. The van der Waals surface area contributed by atoms with Crippen LogP contribution in [0, 0.1) is 5.82 Å². The molecule has 2 aromatic rings. The van der Waals surface area contributed by atoms with Crippen molar-refractivity contribution < 1.29 is 13.9 Å². The highest BCUT2D eigenvalue weighted by Gasteiger charge is 2.17. The zero-order valence-corrected chi connectivity index (χ0v) is 14.5. The van der Waals surface area contributed by atoms with Crippen molar-refractivity contribution >= 4 is 34.1 Å². The minimum Gasteiger partial charge on any atom is -0.378 e. The van der Waals surface area contributed by atoms with Crippen LogP contribution in [0.2, 0.25) is 0 Å². The zero-order valence-electron chi connectivity index (χ0n) is 12.9. The fourth-order valence-corrected chi connectivity index (χ4v) is 3.80. The maximum absolute atomic E-state index is 12.9. The second-order valence-corrected chi connectivity index (χ2v) is 7.33. The molecule has 2 heterocycles. The molecule has 0 bridgehead atoms. The number of hydrogen-bond donors (Lipinski definition) is 1. The first kappa shape index (κ1) is 17.1. The molecule has 1 aromatic carbocycles. The third kappa shape index (κ3) is 4.89. The van der Waals surface area contributed by atoms with Crippen molar-refractivity contribution in [3.05, 3.63) is 35.6 Å². The molecule has 0 aliphatic carbocycles. The summed E-state index contributed by atoms with van der Waals surface area (Å²) in [5.41, 5.74) is 0.961. The molecule has 6 nitrogen and oxygen atoms in total. The summed E-state index contributed by atoms with van der Waals surface area (Å²) in [5, 5.41) is 12.0. The Balaban J connectivity index is 1.44. The number of thioether (sulfide) groups is 1. The summed E-state index contributed by atoms with van der Waals surface area (Å²) in [6, 6.07) is 6.30. The van der Waals surface area contributed by atoms with Crippen LogP contribution in [-0.4, -0.2) is 53.1 Å². The molecule has 1 aliphatic rings. The quantitative estimate of drug-likeness (QED) is 0.789. The van der Waals surface area contributed by atoms with Gasteiger partial charge < -0.3 is 15.0 Å². The minimum atomic E-state index is -0.252. The smallest absolute Gasteiger partial charge is 0.233 e. The van der Waals surface area contributed by atoms with Gasteiger partial charge in [-0.1, -0.05) is 35.2 Å². The maximum Gasteiger partial charge on any atom is 0.233 e. The Morgan fingerprint density at radius 2 is 2.04 bits per heavy atom. The zero-order chi connectivity index (χ0) is 16.8. The molecule has 3 rings (SSSR count). The number of morpholine rings is 1. The van der Waals surface area contributed by atoms with Gasteiger partial charge in [-0.15, -0.1) is 10.2 Å². The topological polar surface area (TPSA) is 67.4 Å². The van der Waals surface area contributed by atoms with Gasteiger partial charge in [0.2, 0.25) is 11.0 Å². The number of ether oxygens (including phenoxy) is 1. The van der Waals surface area contributed by atoms with Crippen LogP contribution < -0.4 is 5.32 Å². The molecule has 0 radical (unpaired) electrons. The van der Waals surface area contributed by atoms with E-state index >= 15 is 0 Å². The van der Waals surface area contributed by atoms with E-state index < -0.39 is 0 Å². The Bertz CT molecular complexity index is 674. The molecule has 1 aromatic heterocycles. The molecular formula is C15H17FN4O2S2. The molecular weight excluding hydrogens is 351 g/mol. The van der Waals surface area contributed by atoms with E-state index in [4.69, 9.17) is 4.74 Å². The first-order valence-electron chi connectivity index (χ1n) is 7.51. The van der Waals surface area contributed by atoms with Crippen LogP contribution in [0.15, 0.2) is 28.6 Å². The summed E-state index contributed by atoms with van der Waals surface area (Å²) >= 11 is 2.79. The van der Waals surface area contributed by atoms with E-state index in [1.54, 1.807) is 12.1 Å². The lowest BCUT2D eigenvalue weighted by Crippen LogP contribution is -2.41. The number of aromatic nitrogens is 2. The summed E-state index contributed by atoms with van der Waals surface area (Å²) in [7, 11) is 0. The molecule has 1 saturated heterocycles. The van der Waals surface area contributed by atoms with Crippen molar-refractivity contribution in [3.8, 4) is 0 Å². The SMILES string of the molecule is O=C(CSc1nnc(NCc2ccc(F)cc2)s1)N1CCOCC1. The van der Waals surface area contributed by atoms with Crippen molar-refractivity contribution in [1.82, 2.24) is 15.1 Å². The van der Waals surface area contributed by atoms with Crippen molar-refractivity contribution in [1.29, 1.82) is 0 Å². The Hall–Kier alpha value is -1.71. The summed E-state index contributed by atoms with van der Waals surface area (Å²) in [5.74, 6) is 0.199. The summed E-state index contributed by atoms with van der Waals surface area (Å²) in [6.45, 7) is 3.06. The van der Waals surface area contributed by atoms with E-state index in [0.717, 1.165) is 9.90 Å². The number of rotatable bonds is 6. The Morgan fingerprint density at radius 1 is 1.29 bits per heavy atom. The molecule has 1 fully saturated rings. The summed E-state index contributed by atoms with van der Waals surface area (Å²) in [6.07, 6.45) is 0. The molecule has 0 unspecified atom stereocenters. The molecule has 0 atom stereocenters. The molecule has 1 aliphatic heterocycles. The number of carbonyl (C=O) groups excluding carboxylic acids is 1. The normalized spacial score (nSPS) is 14.6. The van der Waals surface area contributed by atoms with Gasteiger partial charge in [0.05, 0.1) is 19.0 Å². The molecule has 128 valence electrons. The lowest BCUT2D eigenvalue weighted by atomic mass is 10.2. The highest BCUT2D eigenvalue weighted by Crippen LogP contribution is 2.26. The average molecular weight is 368 g/mol. The van der Waals surface area contributed by atoms with Crippen LogP contribution >= 0.6 is 23.1 Å². The van der Waals surface area contributed by atoms with Gasteiger partial charge in [-0.2, -0.15) is 0 Å². The number of amides is 1. The largest absolute Gasteiger partial charge is 0.378 e. The fraction of sp³-hybridized carbons (Fsp3) is 0.400. The van der Waals surface area contributed by atoms with Gasteiger partial charge >= 0.3 is 0 Å². The van der Waals surface area contributed by atoms with E-state index in [9.17, 15) is 9.18 Å². The Kier molecular flexibility index (Phi) is 6.00. The second-order valence-electron chi connectivity index (χ2n) is 5.13.